The van der Waals surface area contributed by atoms with Gasteiger partial charge in [-0.1, -0.05) is 30.3 Å². The second-order valence-corrected chi connectivity index (χ2v) is 3.12. The molecule has 0 bridgehead atoms. The van der Waals surface area contributed by atoms with Crippen LogP contribution < -0.4 is 0 Å². The van der Waals surface area contributed by atoms with E-state index in [4.69, 9.17) is 5.11 Å². The zero-order valence-electron chi connectivity index (χ0n) is 8.88. The molecule has 0 spiro atoms. The van der Waals surface area contributed by atoms with Crippen LogP contribution in [0.3, 0.4) is 0 Å². The number of ketones is 2. The third-order valence-electron chi connectivity index (χ3n) is 2.00. The van der Waals surface area contributed by atoms with Crippen molar-refractivity contribution in [3.8, 4) is 0 Å². The first-order valence-electron chi connectivity index (χ1n) is 4.81. The summed E-state index contributed by atoms with van der Waals surface area (Å²) >= 11 is 0. The maximum atomic E-state index is 11.4. The van der Waals surface area contributed by atoms with Crippen LogP contribution in [0.2, 0.25) is 0 Å². The summed E-state index contributed by atoms with van der Waals surface area (Å²) in [4.78, 5) is 22.7. The molecule has 0 aliphatic carbocycles. The Balaban J connectivity index is 2.91. The first-order valence-corrected chi connectivity index (χ1v) is 4.81. The average Bonchev–Trinajstić information content (AvgIpc) is 2.30. The van der Waals surface area contributed by atoms with Gasteiger partial charge in [-0.25, -0.2) is 0 Å². The van der Waals surface area contributed by atoms with Crippen molar-refractivity contribution in [3.05, 3.63) is 59.9 Å². The number of hydrogen-bond acceptors (Lipinski definition) is 3. The van der Waals surface area contributed by atoms with E-state index in [9.17, 15) is 9.59 Å². The predicted molar refractivity (Wildman–Crippen MR) is 61.7 cm³/mol. The van der Waals surface area contributed by atoms with Gasteiger partial charge in [0.15, 0.2) is 11.6 Å². The Bertz CT molecular complexity index is 396. The fourth-order valence-corrected chi connectivity index (χ4v) is 1.21. The van der Waals surface area contributed by atoms with Crippen molar-refractivity contribution in [2.75, 3.05) is 0 Å². The van der Waals surface area contributed by atoms with Gasteiger partial charge < -0.3 is 5.11 Å². The van der Waals surface area contributed by atoms with E-state index in [0.29, 0.717) is 17.4 Å². The molecular formula is C13H12O3. The van der Waals surface area contributed by atoms with E-state index in [0.717, 1.165) is 6.08 Å². The van der Waals surface area contributed by atoms with E-state index in [1.807, 2.05) is 0 Å². The van der Waals surface area contributed by atoms with Gasteiger partial charge in [0.2, 0.25) is 0 Å². The Morgan fingerprint density at radius 2 is 1.44 bits per heavy atom. The van der Waals surface area contributed by atoms with E-state index < -0.39 is 0 Å². The fraction of sp³-hybridized carbons (Fsp3) is 0.0769. The minimum atomic E-state index is -0.299. The third-order valence-corrected chi connectivity index (χ3v) is 2.00. The standard InChI is InChI=1S/C13H12O3/c1-2-3-12(15)10-4-6-11(7-5-10)13(16)8-9-14/h2-9,14H,1H3/b3-2-,9-8-. The second-order valence-electron chi connectivity index (χ2n) is 3.12. The lowest BCUT2D eigenvalue weighted by molar-refractivity contribution is 0.103. The average molecular weight is 216 g/mol. The molecule has 0 aliphatic rings. The third kappa shape index (κ3) is 2.92. The molecule has 1 rings (SSSR count). The summed E-state index contributed by atoms with van der Waals surface area (Å²) in [7, 11) is 0. The zero-order chi connectivity index (χ0) is 12.0. The summed E-state index contributed by atoms with van der Waals surface area (Å²) in [6.45, 7) is 1.77. The summed E-state index contributed by atoms with van der Waals surface area (Å²) < 4.78 is 0. The van der Waals surface area contributed by atoms with Crippen molar-refractivity contribution in [2.45, 2.75) is 6.92 Å². The molecule has 82 valence electrons. The lowest BCUT2D eigenvalue weighted by Gasteiger charge is -1.98. The highest BCUT2D eigenvalue weighted by atomic mass is 16.2. The van der Waals surface area contributed by atoms with Crippen LogP contribution in [-0.4, -0.2) is 16.7 Å². The lowest BCUT2D eigenvalue weighted by atomic mass is 10.1. The number of allylic oxidation sites excluding steroid dienone is 3. The van der Waals surface area contributed by atoms with Crippen molar-refractivity contribution in [3.63, 3.8) is 0 Å². The molecule has 0 heterocycles. The van der Waals surface area contributed by atoms with E-state index >= 15 is 0 Å². The maximum absolute atomic E-state index is 11.4. The number of hydrogen-bond donors (Lipinski definition) is 1. The number of carbonyl (C=O) groups excluding carboxylic acids is 2. The van der Waals surface area contributed by atoms with Crippen LogP contribution >= 0.6 is 0 Å². The highest BCUT2D eigenvalue weighted by molar-refractivity contribution is 6.07. The molecule has 3 nitrogen and oxygen atoms in total. The molecule has 0 radical (unpaired) electrons. The van der Waals surface area contributed by atoms with Crippen LogP contribution in [0.25, 0.3) is 0 Å². The van der Waals surface area contributed by atoms with Crippen LogP contribution in [0.5, 0.6) is 0 Å². The molecule has 0 atom stereocenters. The largest absolute Gasteiger partial charge is 0.515 e. The summed E-state index contributed by atoms with van der Waals surface area (Å²) in [6, 6.07) is 6.28. The molecule has 1 N–H and O–H groups in total. The van der Waals surface area contributed by atoms with Crippen molar-refractivity contribution < 1.29 is 14.7 Å². The molecule has 3 heteroatoms. The Hall–Kier alpha value is -2.16. The summed E-state index contributed by atoms with van der Waals surface area (Å²) in [5.41, 5.74) is 0.963. The van der Waals surface area contributed by atoms with Crippen LogP contribution in [0.1, 0.15) is 27.6 Å². The minimum Gasteiger partial charge on any atom is -0.515 e. The van der Waals surface area contributed by atoms with E-state index in [1.165, 1.54) is 6.08 Å². The van der Waals surface area contributed by atoms with Crippen LogP contribution in [0.15, 0.2) is 48.8 Å². The van der Waals surface area contributed by atoms with Crippen LogP contribution in [-0.2, 0) is 0 Å². The Kier molecular flexibility index (Phi) is 4.21. The monoisotopic (exact) mass is 216 g/mol. The molecule has 0 saturated heterocycles. The van der Waals surface area contributed by atoms with Gasteiger partial charge in [0.05, 0.1) is 6.26 Å². The lowest BCUT2D eigenvalue weighted by Crippen LogP contribution is -1.98. The summed E-state index contributed by atoms with van der Waals surface area (Å²) in [5.74, 6) is -0.397. The molecule has 1 aromatic rings. The maximum Gasteiger partial charge on any atom is 0.188 e. The first kappa shape index (κ1) is 11.9. The second kappa shape index (κ2) is 5.66. The van der Waals surface area contributed by atoms with Gasteiger partial charge in [-0.05, 0) is 13.0 Å². The van der Waals surface area contributed by atoms with Gasteiger partial charge in [0.1, 0.15) is 0 Å². The Morgan fingerprint density at radius 1 is 1.00 bits per heavy atom. The van der Waals surface area contributed by atoms with Gasteiger partial charge in [-0.15, -0.1) is 0 Å². The SMILES string of the molecule is C/C=C\C(=O)c1ccc(C(=O)/C=C\O)cc1. The van der Waals surface area contributed by atoms with E-state index in [2.05, 4.69) is 0 Å². The number of carbonyl (C=O) groups is 2. The molecule has 0 aromatic heterocycles. The smallest absolute Gasteiger partial charge is 0.188 e. The molecule has 0 fully saturated rings. The van der Waals surface area contributed by atoms with Gasteiger partial charge >= 0.3 is 0 Å². The molecule has 1 aromatic carbocycles. The molecule has 0 saturated carbocycles. The van der Waals surface area contributed by atoms with Crippen molar-refractivity contribution in [2.24, 2.45) is 0 Å². The highest BCUT2D eigenvalue weighted by Crippen LogP contribution is 2.07. The van der Waals surface area contributed by atoms with Gasteiger partial charge in [0, 0.05) is 17.2 Å². The van der Waals surface area contributed by atoms with E-state index in [-0.39, 0.29) is 11.6 Å². The van der Waals surface area contributed by atoms with Crippen LogP contribution in [0, 0.1) is 0 Å². The summed E-state index contributed by atoms with van der Waals surface area (Å²) in [6.07, 6.45) is 4.88. The molecule has 0 unspecified atom stereocenters. The van der Waals surface area contributed by atoms with Crippen molar-refractivity contribution >= 4 is 11.6 Å². The van der Waals surface area contributed by atoms with Gasteiger partial charge in [-0.3, -0.25) is 9.59 Å². The molecular weight excluding hydrogens is 204 g/mol. The molecule has 16 heavy (non-hydrogen) atoms. The highest BCUT2D eigenvalue weighted by Gasteiger charge is 2.04. The number of aliphatic hydroxyl groups is 1. The quantitative estimate of drug-likeness (QED) is 0.478. The molecule has 0 amide bonds. The Labute approximate surface area is 93.7 Å². The fourth-order valence-electron chi connectivity index (χ4n) is 1.21. The number of benzene rings is 1. The normalized spacial score (nSPS) is 11.1. The minimum absolute atomic E-state index is 0.0980. The first-order chi connectivity index (χ1) is 7.69. The van der Waals surface area contributed by atoms with Crippen molar-refractivity contribution in [1.82, 2.24) is 0 Å². The zero-order valence-corrected chi connectivity index (χ0v) is 8.88. The molecule has 0 aliphatic heterocycles. The topological polar surface area (TPSA) is 54.4 Å². The predicted octanol–water partition coefficient (Wildman–Crippen LogP) is 2.70. The number of aliphatic hydroxyl groups excluding tert-OH is 1. The number of rotatable bonds is 4. The van der Waals surface area contributed by atoms with Gasteiger partial charge in [-0.2, -0.15) is 0 Å². The van der Waals surface area contributed by atoms with E-state index in [1.54, 1.807) is 37.3 Å². The Morgan fingerprint density at radius 3 is 1.81 bits per heavy atom. The van der Waals surface area contributed by atoms with Crippen molar-refractivity contribution in [1.29, 1.82) is 0 Å². The summed E-state index contributed by atoms with van der Waals surface area (Å²) in [5, 5.41) is 8.45. The van der Waals surface area contributed by atoms with Crippen LogP contribution in [0.4, 0.5) is 0 Å². The van der Waals surface area contributed by atoms with Gasteiger partial charge in [0.25, 0.3) is 0 Å².